The highest BCUT2D eigenvalue weighted by Gasteiger charge is 2.26. The van der Waals surface area contributed by atoms with Crippen LogP contribution in [0.2, 0.25) is 0 Å². The van der Waals surface area contributed by atoms with Gasteiger partial charge in [-0.2, -0.15) is 5.10 Å². The number of hydrogen-bond acceptors (Lipinski definition) is 8. The van der Waals surface area contributed by atoms with Crippen LogP contribution in [0.1, 0.15) is 65.7 Å². The number of likely N-dealkylation sites (tertiary alicyclic amines) is 1. The molecule has 2 fully saturated rings. The molecule has 5 heterocycles. The summed E-state index contributed by atoms with van der Waals surface area (Å²) in [6.07, 6.45) is 11.0. The minimum atomic E-state index is -3.97. The molecule has 2 aliphatic heterocycles. The number of aryl methyl sites for hydroxylation is 2. The predicted molar refractivity (Wildman–Crippen MR) is 173 cm³/mol. The van der Waals surface area contributed by atoms with Crippen LogP contribution in [-0.2, 0) is 14.8 Å². The number of nitrogen functional groups attached to an aromatic ring is 1. The van der Waals surface area contributed by atoms with E-state index in [1.54, 1.807) is 48.8 Å². The summed E-state index contributed by atoms with van der Waals surface area (Å²) in [6.45, 7) is 7.63. The lowest BCUT2D eigenvalue weighted by Crippen LogP contribution is -2.31. The van der Waals surface area contributed by atoms with Crippen molar-refractivity contribution in [1.29, 1.82) is 0 Å². The zero-order valence-electron chi connectivity index (χ0n) is 25.6. The Bertz CT molecular complexity index is 1760. The molecule has 6 rings (SSSR count). The second kappa shape index (κ2) is 12.2. The van der Waals surface area contributed by atoms with Crippen molar-refractivity contribution in [3.8, 4) is 11.1 Å². The normalized spacial score (nSPS) is 17.8. The smallest absolute Gasteiger partial charge is 0.269 e. The fourth-order valence-electron chi connectivity index (χ4n) is 6.56. The molecule has 0 bridgehead atoms. The van der Waals surface area contributed by atoms with E-state index in [1.807, 2.05) is 23.9 Å². The molecule has 0 spiro atoms. The summed E-state index contributed by atoms with van der Waals surface area (Å²) in [5.41, 5.74) is 19.6. The Balaban J connectivity index is 1.43. The summed E-state index contributed by atoms with van der Waals surface area (Å²) in [7, 11) is -1.84. The van der Waals surface area contributed by atoms with Crippen molar-refractivity contribution in [1.82, 2.24) is 23.6 Å². The number of anilines is 1. The molecular weight excluding hydrogens is 574 g/mol. The molecule has 0 radical (unpaired) electrons. The molecular formula is C33H41N7O3S. The average molecular weight is 616 g/mol. The van der Waals surface area contributed by atoms with E-state index in [2.05, 4.69) is 24.0 Å². The molecule has 10 nitrogen and oxygen atoms in total. The molecule has 0 atom stereocenters. The van der Waals surface area contributed by atoms with Gasteiger partial charge in [0.05, 0.1) is 28.5 Å². The number of aromatic nitrogens is 4. The summed E-state index contributed by atoms with van der Waals surface area (Å²) in [6, 6.07) is 10.6. The number of hydrogen-bond donors (Lipinski definition) is 2. The van der Waals surface area contributed by atoms with Crippen LogP contribution in [0.4, 0.5) is 5.82 Å². The fourth-order valence-corrected chi connectivity index (χ4v) is 7.89. The molecule has 1 aromatic carbocycles. The molecule has 4 aromatic rings. The van der Waals surface area contributed by atoms with Crippen molar-refractivity contribution in [2.75, 3.05) is 39.1 Å². The summed E-state index contributed by atoms with van der Waals surface area (Å²) >= 11 is 0. The Morgan fingerprint density at radius 3 is 2.43 bits per heavy atom. The molecule has 0 saturated carbocycles. The Morgan fingerprint density at radius 2 is 1.75 bits per heavy atom. The second-order valence-corrected chi connectivity index (χ2v) is 13.8. The highest BCUT2D eigenvalue weighted by molar-refractivity contribution is 7.90. The van der Waals surface area contributed by atoms with Gasteiger partial charge < -0.3 is 21.1 Å². The molecule has 3 aromatic heterocycles. The minimum absolute atomic E-state index is 0.0751. The molecule has 0 aliphatic carbocycles. The number of nitrogens with two attached hydrogens (primary N) is 2. The van der Waals surface area contributed by atoms with Gasteiger partial charge in [-0.3, -0.25) is 9.67 Å². The van der Waals surface area contributed by atoms with Crippen molar-refractivity contribution < 1.29 is 13.2 Å². The third kappa shape index (κ3) is 5.79. The monoisotopic (exact) mass is 615 g/mol. The van der Waals surface area contributed by atoms with E-state index in [0.717, 1.165) is 72.8 Å². The maximum absolute atomic E-state index is 13.8. The Kier molecular flexibility index (Phi) is 8.36. The van der Waals surface area contributed by atoms with Gasteiger partial charge >= 0.3 is 0 Å². The van der Waals surface area contributed by atoms with Crippen LogP contribution in [0.25, 0.3) is 22.9 Å². The van der Waals surface area contributed by atoms with Crippen molar-refractivity contribution in [3.05, 3.63) is 83.1 Å². The van der Waals surface area contributed by atoms with Crippen LogP contribution in [0, 0.1) is 13.8 Å². The number of piperidine rings is 1. The van der Waals surface area contributed by atoms with Gasteiger partial charge in [-0.1, -0.05) is 18.2 Å². The molecule has 0 amide bonds. The minimum Gasteiger partial charge on any atom is -0.397 e. The first-order valence-corrected chi connectivity index (χ1v) is 16.7. The predicted octanol–water partition coefficient (Wildman–Crippen LogP) is 4.80. The van der Waals surface area contributed by atoms with Crippen LogP contribution in [0.5, 0.6) is 0 Å². The van der Waals surface area contributed by atoms with Crippen molar-refractivity contribution in [2.45, 2.75) is 56.4 Å². The SMILES string of the molecule is Cc1cc(/C(N)=C/c2c(-c3cnn(C4CCN(C)CC4)c3)cn(S(=O)(=O)c3ccccc3)c2N)nc(C)c1C1CCOCC1. The Morgan fingerprint density at radius 1 is 1.05 bits per heavy atom. The summed E-state index contributed by atoms with van der Waals surface area (Å²) in [4.78, 5) is 7.35. The van der Waals surface area contributed by atoms with Crippen molar-refractivity contribution >= 4 is 27.6 Å². The topological polar surface area (TPSA) is 134 Å². The summed E-state index contributed by atoms with van der Waals surface area (Å²) < 4.78 is 36.2. The lowest BCUT2D eigenvalue weighted by atomic mass is 9.87. The second-order valence-electron chi connectivity index (χ2n) is 12.0. The molecule has 2 saturated heterocycles. The summed E-state index contributed by atoms with van der Waals surface area (Å²) in [5.74, 6) is 0.488. The first-order chi connectivity index (χ1) is 21.1. The Hall–Kier alpha value is -3.93. The van der Waals surface area contributed by atoms with Gasteiger partial charge in [-0.25, -0.2) is 12.4 Å². The van der Waals surface area contributed by atoms with Crippen LogP contribution in [0.15, 0.2) is 59.9 Å². The van der Waals surface area contributed by atoms with Gasteiger partial charge in [0, 0.05) is 48.0 Å². The van der Waals surface area contributed by atoms with Crippen LogP contribution < -0.4 is 11.5 Å². The third-order valence-electron chi connectivity index (χ3n) is 9.01. The van der Waals surface area contributed by atoms with Gasteiger partial charge in [0.15, 0.2) is 0 Å². The van der Waals surface area contributed by atoms with Gasteiger partial charge in [0.2, 0.25) is 0 Å². The number of nitrogens with zero attached hydrogens (tertiary/aromatic N) is 5. The van der Waals surface area contributed by atoms with Gasteiger partial charge in [-0.15, -0.1) is 0 Å². The van der Waals surface area contributed by atoms with E-state index in [-0.39, 0.29) is 16.8 Å². The molecule has 232 valence electrons. The number of ether oxygens (including phenoxy) is 1. The zero-order chi connectivity index (χ0) is 31.0. The van der Waals surface area contributed by atoms with Crippen LogP contribution >= 0.6 is 0 Å². The lowest BCUT2D eigenvalue weighted by Gasteiger charge is -2.28. The molecule has 2 aliphatic rings. The van der Waals surface area contributed by atoms with E-state index in [1.165, 1.54) is 5.56 Å². The number of benzene rings is 1. The van der Waals surface area contributed by atoms with Gasteiger partial charge in [-0.05, 0) is 101 Å². The summed E-state index contributed by atoms with van der Waals surface area (Å²) in [5, 5.41) is 4.68. The third-order valence-corrected chi connectivity index (χ3v) is 10.7. The van der Waals surface area contributed by atoms with Gasteiger partial charge in [0.25, 0.3) is 10.0 Å². The zero-order valence-corrected chi connectivity index (χ0v) is 26.4. The number of pyridine rings is 1. The molecule has 4 N–H and O–H groups in total. The fraction of sp³-hybridized carbons (Fsp3) is 0.394. The van der Waals surface area contributed by atoms with E-state index >= 15 is 0 Å². The van der Waals surface area contributed by atoms with Crippen molar-refractivity contribution in [3.63, 3.8) is 0 Å². The maximum Gasteiger partial charge on any atom is 0.269 e. The average Bonchev–Trinajstić information content (AvgIpc) is 3.63. The van der Waals surface area contributed by atoms with E-state index in [9.17, 15) is 8.42 Å². The molecule has 44 heavy (non-hydrogen) atoms. The number of rotatable bonds is 7. The maximum atomic E-state index is 13.8. The Labute approximate surface area is 259 Å². The van der Waals surface area contributed by atoms with Crippen molar-refractivity contribution in [2.24, 2.45) is 5.73 Å². The van der Waals surface area contributed by atoms with Crippen LogP contribution in [-0.4, -0.2) is 65.4 Å². The van der Waals surface area contributed by atoms with Crippen LogP contribution in [0.3, 0.4) is 0 Å². The lowest BCUT2D eigenvalue weighted by molar-refractivity contribution is 0.0850. The first kappa shape index (κ1) is 30.1. The van der Waals surface area contributed by atoms with E-state index in [4.69, 9.17) is 21.2 Å². The quantitative estimate of drug-likeness (QED) is 0.303. The largest absolute Gasteiger partial charge is 0.397 e. The van der Waals surface area contributed by atoms with E-state index < -0.39 is 10.0 Å². The molecule has 0 unspecified atom stereocenters. The standard InChI is InChI=1S/C33H41N7O3S/c1-22-17-31(37-23(2)32(22)24-11-15-43-16-12-24)30(34)18-28-29(25-19-36-39(20-25)26-9-13-38(3)14-10-26)21-40(33(28)35)44(41,42)27-7-5-4-6-8-27/h4-8,17-21,24,26H,9-16,34-35H2,1-3H3/b30-18-. The van der Waals surface area contributed by atoms with E-state index in [0.29, 0.717) is 28.4 Å². The molecule has 11 heteroatoms. The first-order valence-electron chi connectivity index (χ1n) is 15.2. The van der Waals surface area contributed by atoms with Gasteiger partial charge in [0.1, 0.15) is 5.82 Å². The highest BCUT2D eigenvalue weighted by Crippen LogP contribution is 2.37. The highest BCUT2D eigenvalue weighted by atomic mass is 32.2.